The number of ether oxygens (including phenoxy) is 4. The van der Waals surface area contributed by atoms with E-state index in [-0.39, 0.29) is 11.8 Å². The van der Waals surface area contributed by atoms with Crippen molar-refractivity contribution in [2.45, 2.75) is 53.1 Å². The summed E-state index contributed by atoms with van der Waals surface area (Å²) in [5, 5.41) is 2.96. The molecule has 0 bridgehead atoms. The lowest BCUT2D eigenvalue weighted by Crippen LogP contribution is -2.48. The highest BCUT2D eigenvalue weighted by atomic mass is 16.5. The van der Waals surface area contributed by atoms with E-state index < -0.39 is 6.10 Å². The van der Waals surface area contributed by atoms with Crippen LogP contribution in [0.15, 0.2) is 30.3 Å². The predicted molar refractivity (Wildman–Crippen MR) is 147 cm³/mol. The Balaban J connectivity index is 1.57. The molecule has 0 aliphatic carbocycles. The van der Waals surface area contributed by atoms with Crippen LogP contribution in [-0.2, 0) is 4.79 Å². The zero-order valence-corrected chi connectivity index (χ0v) is 22.9. The Kier molecular flexibility index (Phi) is 9.33. The number of rotatable bonds is 11. The molecule has 0 aromatic heterocycles. The first kappa shape index (κ1) is 27.6. The minimum atomic E-state index is -0.554. The molecule has 0 saturated carbocycles. The summed E-state index contributed by atoms with van der Waals surface area (Å²) in [7, 11) is 0. The second-order valence-electron chi connectivity index (χ2n) is 9.39. The Morgan fingerprint density at radius 3 is 2.24 bits per heavy atom. The van der Waals surface area contributed by atoms with Gasteiger partial charge in [0.25, 0.3) is 11.8 Å². The highest BCUT2D eigenvalue weighted by Gasteiger charge is 2.32. The number of piperidine rings is 1. The van der Waals surface area contributed by atoms with Gasteiger partial charge in [-0.2, -0.15) is 0 Å². The Hall–Kier alpha value is -3.46. The van der Waals surface area contributed by atoms with Crippen molar-refractivity contribution in [1.82, 2.24) is 4.90 Å². The molecule has 206 valence electrons. The Morgan fingerprint density at radius 1 is 0.947 bits per heavy atom. The molecule has 0 spiro atoms. The van der Waals surface area contributed by atoms with Crippen molar-refractivity contribution in [2.75, 3.05) is 56.2 Å². The van der Waals surface area contributed by atoms with E-state index in [1.165, 1.54) is 19.3 Å². The number of carbonyl (C=O) groups is 2. The van der Waals surface area contributed by atoms with Crippen molar-refractivity contribution in [3.05, 3.63) is 35.9 Å². The van der Waals surface area contributed by atoms with E-state index in [1.54, 1.807) is 42.2 Å². The summed E-state index contributed by atoms with van der Waals surface area (Å²) in [4.78, 5) is 30.6. The summed E-state index contributed by atoms with van der Waals surface area (Å²) >= 11 is 0. The molecule has 38 heavy (non-hydrogen) atoms. The van der Waals surface area contributed by atoms with Crippen molar-refractivity contribution in [3.63, 3.8) is 0 Å². The number of nitrogens with zero attached hydrogens (tertiary/aromatic N) is 2. The Morgan fingerprint density at radius 2 is 1.61 bits per heavy atom. The number of anilines is 2. The van der Waals surface area contributed by atoms with E-state index in [0.29, 0.717) is 66.3 Å². The van der Waals surface area contributed by atoms with Crippen LogP contribution >= 0.6 is 0 Å². The number of hydrogen-bond donors (Lipinski definition) is 1. The second-order valence-corrected chi connectivity index (χ2v) is 9.39. The normalized spacial score (nSPS) is 17.4. The van der Waals surface area contributed by atoms with Gasteiger partial charge in [-0.1, -0.05) is 6.42 Å². The van der Waals surface area contributed by atoms with E-state index in [2.05, 4.69) is 10.2 Å². The van der Waals surface area contributed by atoms with Crippen LogP contribution in [0.25, 0.3) is 0 Å². The molecule has 1 atom stereocenters. The number of fused-ring (bicyclic) bond motifs is 1. The first-order valence-electron chi connectivity index (χ1n) is 13.7. The number of carbonyl (C=O) groups excluding carboxylic acids is 2. The summed E-state index contributed by atoms with van der Waals surface area (Å²) < 4.78 is 23.1. The molecular formula is C29H39N3O6. The van der Waals surface area contributed by atoms with E-state index in [0.717, 1.165) is 19.6 Å². The van der Waals surface area contributed by atoms with Crippen molar-refractivity contribution in [2.24, 2.45) is 0 Å². The Labute approximate surface area is 225 Å². The van der Waals surface area contributed by atoms with Crippen LogP contribution in [0.1, 0.15) is 57.3 Å². The number of nitrogens with one attached hydrogen (secondary N) is 1. The van der Waals surface area contributed by atoms with Crippen LogP contribution in [0.4, 0.5) is 11.4 Å². The summed E-state index contributed by atoms with van der Waals surface area (Å²) in [5.41, 5.74) is 1.60. The van der Waals surface area contributed by atoms with Crippen LogP contribution in [-0.4, -0.2) is 68.8 Å². The SMILES string of the molecule is CCOc1cc(C(=O)Nc2ccc3c(c2)N(CCN2CCCCC2)C(=O)C(C)O3)cc(OCC)c1OCC. The molecule has 2 aromatic carbocycles. The molecular weight excluding hydrogens is 486 g/mol. The fourth-order valence-electron chi connectivity index (χ4n) is 4.86. The number of hydrogen-bond acceptors (Lipinski definition) is 7. The molecule has 4 rings (SSSR count). The minimum Gasteiger partial charge on any atom is -0.490 e. The number of amides is 2. The summed E-state index contributed by atoms with van der Waals surface area (Å²) in [6, 6.07) is 8.70. The fourth-order valence-corrected chi connectivity index (χ4v) is 4.86. The molecule has 1 fully saturated rings. The zero-order valence-electron chi connectivity index (χ0n) is 22.9. The molecule has 2 aliphatic rings. The van der Waals surface area contributed by atoms with Gasteiger partial charge in [0.2, 0.25) is 5.75 Å². The van der Waals surface area contributed by atoms with Gasteiger partial charge in [-0.3, -0.25) is 9.59 Å². The summed E-state index contributed by atoms with van der Waals surface area (Å²) in [6.45, 7) is 12.2. The molecule has 1 unspecified atom stereocenters. The molecule has 2 heterocycles. The van der Waals surface area contributed by atoms with Crippen molar-refractivity contribution in [3.8, 4) is 23.0 Å². The maximum Gasteiger partial charge on any atom is 0.267 e. The van der Waals surface area contributed by atoms with Crippen molar-refractivity contribution >= 4 is 23.2 Å². The molecule has 2 aromatic rings. The molecule has 1 saturated heterocycles. The number of benzene rings is 2. The Bertz CT molecular complexity index is 1100. The highest BCUT2D eigenvalue weighted by Crippen LogP contribution is 2.40. The molecule has 1 N–H and O–H groups in total. The maximum atomic E-state index is 13.3. The molecule has 9 heteroatoms. The minimum absolute atomic E-state index is 0.0767. The third-order valence-electron chi connectivity index (χ3n) is 6.68. The standard InChI is InChI=1S/C29H39N3O6/c1-5-35-25-17-21(18-26(36-6-2)27(25)37-7-3)28(33)30-22-11-12-24-23(19-22)32(29(34)20(4)38-24)16-15-31-13-9-8-10-14-31/h11-12,17-20H,5-10,13-16H2,1-4H3,(H,30,33). The van der Waals surface area contributed by atoms with Crippen molar-refractivity contribution < 1.29 is 28.5 Å². The first-order valence-corrected chi connectivity index (χ1v) is 13.7. The number of likely N-dealkylation sites (tertiary alicyclic amines) is 1. The summed E-state index contributed by atoms with van der Waals surface area (Å²) in [6.07, 6.45) is 3.11. The van der Waals surface area contributed by atoms with Gasteiger partial charge < -0.3 is 34.1 Å². The van der Waals surface area contributed by atoms with E-state index >= 15 is 0 Å². The molecule has 0 radical (unpaired) electrons. The van der Waals surface area contributed by atoms with Gasteiger partial charge in [0.1, 0.15) is 5.75 Å². The quantitative estimate of drug-likeness (QED) is 0.453. The molecule has 2 aliphatic heterocycles. The molecule has 9 nitrogen and oxygen atoms in total. The third-order valence-corrected chi connectivity index (χ3v) is 6.68. The average molecular weight is 526 g/mol. The van der Waals surface area contributed by atoms with Crippen LogP contribution in [0.5, 0.6) is 23.0 Å². The molecule has 2 amide bonds. The van der Waals surface area contributed by atoms with Gasteiger partial charge in [0, 0.05) is 24.3 Å². The van der Waals surface area contributed by atoms with E-state index in [4.69, 9.17) is 18.9 Å². The summed E-state index contributed by atoms with van der Waals surface area (Å²) in [5.74, 6) is 1.61. The van der Waals surface area contributed by atoms with Gasteiger partial charge in [-0.05, 0) is 84.0 Å². The first-order chi connectivity index (χ1) is 18.4. The fraction of sp³-hybridized carbons (Fsp3) is 0.517. The highest BCUT2D eigenvalue weighted by molar-refractivity contribution is 6.06. The monoisotopic (exact) mass is 525 g/mol. The predicted octanol–water partition coefficient (Wildman–Crippen LogP) is 4.73. The van der Waals surface area contributed by atoms with Crippen LogP contribution < -0.4 is 29.2 Å². The van der Waals surface area contributed by atoms with E-state index in [9.17, 15) is 9.59 Å². The van der Waals surface area contributed by atoms with Gasteiger partial charge >= 0.3 is 0 Å². The lowest BCUT2D eigenvalue weighted by molar-refractivity contribution is -0.125. The zero-order chi connectivity index (χ0) is 27.1. The van der Waals surface area contributed by atoms with Gasteiger partial charge in [-0.15, -0.1) is 0 Å². The van der Waals surface area contributed by atoms with Crippen molar-refractivity contribution in [1.29, 1.82) is 0 Å². The van der Waals surface area contributed by atoms with Crippen LogP contribution in [0, 0.1) is 0 Å². The lowest BCUT2D eigenvalue weighted by Gasteiger charge is -2.35. The van der Waals surface area contributed by atoms with Gasteiger partial charge in [0.15, 0.2) is 17.6 Å². The average Bonchev–Trinajstić information content (AvgIpc) is 2.91. The largest absolute Gasteiger partial charge is 0.490 e. The smallest absolute Gasteiger partial charge is 0.267 e. The maximum absolute atomic E-state index is 13.3. The van der Waals surface area contributed by atoms with Crippen LogP contribution in [0.3, 0.4) is 0 Å². The topological polar surface area (TPSA) is 89.6 Å². The van der Waals surface area contributed by atoms with Gasteiger partial charge in [0.05, 0.1) is 25.5 Å². The second kappa shape index (κ2) is 12.9. The van der Waals surface area contributed by atoms with E-state index in [1.807, 2.05) is 20.8 Å². The van der Waals surface area contributed by atoms with Gasteiger partial charge in [-0.25, -0.2) is 0 Å². The lowest BCUT2D eigenvalue weighted by atomic mass is 10.1. The van der Waals surface area contributed by atoms with Crippen LogP contribution in [0.2, 0.25) is 0 Å². The third kappa shape index (κ3) is 6.32.